The number of benzene rings is 4. The molecule has 6 heteroatoms. The monoisotopic (exact) mass is 524 g/mol. The molecular formula is C33H32O6. The molecule has 0 unspecified atom stereocenters. The number of carbonyl (C=O) groups excluding carboxylic acids is 2. The normalized spacial score (nSPS) is 10.7. The molecule has 200 valence electrons. The Hall–Kier alpha value is -4.26. The van der Waals surface area contributed by atoms with E-state index in [0.717, 1.165) is 27.8 Å². The van der Waals surface area contributed by atoms with Crippen molar-refractivity contribution in [2.75, 3.05) is 26.4 Å². The summed E-state index contributed by atoms with van der Waals surface area (Å²) >= 11 is 0. The molecule has 0 aromatic heterocycles. The highest BCUT2D eigenvalue weighted by atomic mass is 16.6. The van der Waals surface area contributed by atoms with Gasteiger partial charge in [0, 0.05) is 0 Å². The first kappa shape index (κ1) is 27.8. The third-order valence-corrected chi connectivity index (χ3v) is 5.93. The second kappa shape index (κ2) is 14.6. The van der Waals surface area contributed by atoms with Crippen molar-refractivity contribution >= 4 is 11.9 Å². The lowest BCUT2D eigenvalue weighted by molar-refractivity contribution is 0.0285. The van der Waals surface area contributed by atoms with E-state index in [-0.39, 0.29) is 37.6 Å². The zero-order chi connectivity index (χ0) is 27.3. The summed E-state index contributed by atoms with van der Waals surface area (Å²) in [7, 11) is 0. The van der Waals surface area contributed by atoms with Crippen LogP contribution in [0.25, 0.3) is 11.1 Å². The smallest absolute Gasteiger partial charge is 0.338 e. The van der Waals surface area contributed by atoms with Crippen molar-refractivity contribution in [2.24, 2.45) is 0 Å². The zero-order valence-electron chi connectivity index (χ0n) is 22.0. The fourth-order valence-corrected chi connectivity index (χ4v) is 3.86. The number of aryl methyl sites for hydroxylation is 1. The molecule has 4 aromatic carbocycles. The predicted molar refractivity (Wildman–Crippen MR) is 149 cm³/mol. The van der Waals surface area contributed by atoms with Crippen LogP contribution < -0.4 is 0 Å². The molecule has 0 amide bonds. The van der Waals surface area contributed by atoms with Crippen molar-refractivity contribution < 1.29 is 28.5 Å². The summed E-state index contributed by atoms with van der Waals surface area (Å²) in [5.41, 5.74) is 5.33. The van der Waals surface area contributed by atoms with E-state index >= 15 is 0 Å². The van der Waals surface area contributed by atoms with Gasteiger partial charge in [-0.2, -0.15) is 0 Å². The third kappa shape index (κ3) is 8.92. The van der Waals surface area contributed by atoms with E-state index in [9.17, 15) is 9.59 Å². The summed E-state index contributed by atoms with van der Waals surface area (Å²) in [6.07, 6.45) is 0. The Kier molecular flexibility index (Phi) is 10.4. The van der Waals surface area contributed by atoms with Crippen molar-refractivity contribution in [3.05, 3.63) is 131 Å². The number of ether oxygens (including phenoxy) is 4. The highest BCUT2D eigenvalue weighted by Crippen LogP contribution is 2.24. The molecule has 6 nitrogen and oxygen atoms in total. The quantitative estimate of drug-likeness (QED) is 0.149. The highest BCUT2D eigenvalue weighted by molar-refractivity contribution is 5.97. The second-order valence-electron chi connectivity index (χ2n) is 9.01. The molecule has 0 aliphatic heterocycles. The Morgan fingerprint density at radius 3 is 1.46 bits per heavy atom. The first-order chi connectivity index (χ1) is 19.1. The van der Waals surface area contributed by atoms with Crippen molar-refractivity contribution in [3.8, 4) is 11.1 Å². The summed E-state index contributed by atoms with van der Waals surface area (Å²) in [5, 5.41) is 0. The van der Waals surface area contributed by atoms with Gasteiger partial charge in [-0.15, -0.1) is 0 Å². The average Bonchev–Trinajstić information content (AvgIpc) is 2.98. The van der Waals surface area contributed by atoms with E-state index < -0.39 is 11.9 Å². The maximum absolute atomic E-state index is 12.9. The molecular weight excluding hydrogens is 492 g/mol. The molecule has 0 aliphatic rings. The van der Waals surface area contributed by atoms with Crippen LogP contribution >= 0.6 is 0 Å². The van der Waals surface area contributed by atoms with Gasteiger partial charge in [0.05, 0.1) is 37.6 Å². The molecule has 0 saturated heterocycles. The lowest BCUT2D eigenvalue weighted by Crippen LogP contribution is -2.14. The number of hydrogen-bond acceptors (Lipinski definition) is 6. The molecule has 0 fully saturated rings. The summed E-state index contributed by atoms with van der Waals surface area (Å²) < 4.78 is 22.1. The van der Waals surface area contributed by atoms with Gasteiger partial charge in [-0.05, 0) is 47.4 Å². The lowest BCUT2D eigenvalue weighted by atomic mass is 9.99. The standard InChI is InChI=1S/C33H32O6/c1-25-12-14-28(15-13-25)29-20-30(32(34)38-18-16-36-23-26-8-4-2-5-9-26)22-31(21-29)33(35)39-19-17-37-24-27-10-6-3-7-11-27/h2-15,20-22H,16-19,23-24H2,1H3. The van der Waals surface area contributed by atoms with E-state index in [0.29, 0.717) is 13.2 Å². The minimum absolute atomic E-state index is 0.0962. The zero-order valence-corrected chi connectivity index (χ0v) is 22.0. The van der Waals surface area contributed by atoms with Crippen LogP contribution in [0.2, 0.25) is 0 Å². The fourth-order valence-electron chi connectivity index (χ4n) is 3.86. The minimum Gasteiger partial charge on any atom is -0.460 e. The SMILES string of the molecule is Cc1ccc(-c2cc(C(=O)OCCOCc3ccccc3)cc(C(=O)OCCOCc3ccccc3)c2)cc1. The maximum Gasteiger partial charge on any atom is 0.338 e. The molecule has 0 aliphatic carbocycles. The lowest BCUT2D eigenvalue weighted by Gasteiger charge is -2.11. The summed E-state index contributed by atoms with van der Waals surface area (Å²) in [4.78, 5) is 25.7. The van der Waals surface area contributed by atoms with Crippen LogP contribution in [0, 0.1) is 6.92 Å². The van der Waals surface area contributed by atoms with Crippen LogP contribution in [0.5, 0.6) is 0 Å². The summed E-state index contributed by atoms with van der Waals surface area (Å²) in [6.45, 7) is 3.59. The molecule has 0 saturated carbocycles. The summed E-state index contributed by atoms with van der Waals surface area (Å²) in [5.74, 6) is -1.07. The predicted octanol–water partition coefficient (Wildman–Crippen LogP) is 6.41. The minimum atomic E-state index is -0.535. The van der Waals surface area contributed by atoms with Gasteiger partial charge in [0.1, 0.15) is 13.2 Å². The van der Waals surface area contributed by atoms with Gasteiger partial charge >= 0.3 is 11.9 Å². The number of carbonyl (C=O) groups is 2. The Balaban J connectivity index is 1.36. The van der Waals surface area contributed by atoms with Crippen LogP contribution in [0.4, 0.5) is 0 Å². The van der Waals surface area contributed by atoms with Gasteiger partial charge in [-0.25, -0.2) is 9.59 Å². The van der Waals surface area contributed by atoms with Crippen LogP contribution in [-0.2, 0) is 32.2 Å². The van der Waals surface area contributed by atoms with Gasteiger partial charge in [-0.3, -0.25) is 0 Å². The number of rotatable bonds is 13. The van der Waals surface area contributed by atoms with E-state index in [1.54, 1.807) is 12.1 Å². The van der Waals surface area contributed by atoms with Crippen LogP contribution in [0.1, 0.15) is 37.4 Å². The second-order valence-corrected chi connectivity index (χ2v) is 9.01. The molecule has 0 bridgehead atoms. The molecule has 0 radical (unpaired) electrons. The van der Waals surface area contributed by atoms with E-state index in [1.807, 2.05) is 91.9 Å². The van der Waals surface area contributed by atoms with E-state index in [4.69, 9.17) is 18.9 Å². The first-order valence-electron chi connectivity index (χ1n) is 12.9. The van der Waals surface area contributed by atoms with Gasteiger partial charge < -0.3 is 18.9 Å². The van der Waals surface area contributed by atoms with Crippen molar-refractivity contribution in [3.63, 3.8) is 0 Å². The number of hydrogen-bond donors (Lipinski definition) is 0. The van der Waals surface area contributed by atoms with Crippen molar-refractivity contribution in [1.82, 2.24) is 0 Å². The Morgan fingerprint density at radius 1 is 0.538 bits per heavy atom. The molecule has 0 atom stereocenters. The van der Waals surface area contributed by atoms with Crippen LogP contribution in [0.15, 0.2) is 103 Å². The fraction of sp³-hybridized carbons (Fsp3) is 0.212. The van der Waals surface area contributed by atoms with Gasteiger partial charge in [0.15, 0.2) is 0 Å². The number of esters is 2. The third-order valence-electron chi connectivity index (χ3n) is 5.93. The molecule has 0 N–H and O–H groups in total. The topological polar surface area (TPSA) is 71.1 Å². The van der Waals surface area contributed by atoms with Crippen LogP contribution in [-0.4, -0.2) is 38.4 Å². The van der Waals surface area contributed by atoms with E-state index in [2.05, 4.69) is 0 Å². The van der Waals surface area contributed by atoms with Gasteiger partial charge in [0.2, 0.25) is 0 Å². The van der Waals surface area contributed by atoms with Gasteiger partial charge in [-0.1, -0.05) is 90.5 Å². The molecule has 0 spiro atoms. The largest absolute Gasteiger partial charge is 0.460 e. The molecule has 4 rings (SSSR count). The molecule has 4 aromatic rings. The van der Waals surface area contributed by atoms with Crippen molar-refractivity contribution in [1.29, 1.82) is 0 Å². The Morgan fingerprint density at radius 2 is 1.00 bits per heavy atom. The maximum atomic E-state index is 12.9. The van der Waals surface area contributed by atoms with E-state index in [1.165, 1.54) is 6.07 Å². The molecule has 0 heterocycles. The summed E-state index contributed by atoms with van der Waals surface area (Å²) in [6, 6.07) is 32.3. The first-order valence-corrected chi connectivity index (χ1v) is 12.9. The average molecular weight is 525 g/mol. The Bertz CT molecular complexity index is 1250. The Labute approximate surface area is 229 Å². The highest BCUT2D eigenvalue weighted by Gasteiger charge is 2.16. The van der Waals surface area contributed by atoms with Gasteiger partial charge in [0.25, 0.3) is 0 Å². The van der Waals surface area contributed by atoms with Crippen molar-refractivity contribution in [2.45, 2.75) is 20.1 Å². The molecule has 39 heavy (non-hydrogen) atoms. The van der Waals surface area contributed by atoms with Crippen LogP contribution in [0.3, 0.4) is 0 Å².